The Morgan fingerprint density at radius 2 is 2.03 bits per heavy atom. The first-order valence-electron chi connectivity index (χ1n) is 11.2. The van der Waals surface area contributed by atoms with Gasteiger partial charge in [-0.2, -0.15) is 0 Å². The van der Waals surface area contributed by atoms with Crippen molar-refractivity contribution in [2.45, 2.75) is 52.0 Å². The van der Waals surface area contributed by atoms with Crippen LogP contribution in [0.3, 0.4) is 0 Å². The molecule has 0 aliphatic carbocycles. The number of benzene rings is 1. The van der Waals surface area contributed by atoms with Crippen molar-refractivity contribution in [1.82, 2.24) is 15.4 Å². The SMILES string of the molecule is CCNC(=O)[C@]1(Cc2cc(-c3ccc(C)cc3)no2)CCCN(C2CCOCC2)C1. The Kier molecular flexibility index (Phi) is 6.54. The van der Waals surface area contributed by atoms with E-state index in [4.69, 9.17) is 9.26 Å². The van der Waals surface area contributed by atoms with Crippen molar-refractivity contribution in [2.75, 3.05) is 32.8 Å². The first-order chi connectivity index (χ1) is 14.6. The van der Waals surface area contributed by atoms with Crippen LogP contribution in [0, 0.1) is 12.3 Å². The molecule has 1 aromatic heterocycles. The molecule has 2 saturated heterocycles. The van der Waals surface area contributed by atoms with E-state index in [2.05, 4.69) is 46.6 Å². The van der Waals surface area contributed by atoms with Gasteiger partial charge in [0.25, 0.3) is 0 Å². The van der Waals surface area contributed by atoms with E-state index in [1.165, 1.54) is 5.56 Å². The third-order valence-corrected chi connectivity index (χ3v) is 6.55. The maximum atomic E-state index is 13.2. The summed E-state index contributed by atoms with van der Waals surface area (Å²) < 4.78 is 11.3. The Morgan fingerprint density at radius 3 is 2.77 bits per heavy atom. The second kappa shape index (κ2) is 9.31. The largest absolute Gasteiger partial charge is 0.381 e. The molecule has 2 aliphatic rings. The second-order valence-electron chi connectivity index (χ2n) is 8.78. The highest BCUT2D eigenvalue weighted by Crippen LogP contribution is 2.37. The summed E-state index contributed by atoms with van der Waals surface area (Å²) in [6, 6.07) is 10.8. The van der Waals surface area contributed by atoms with Crippen molar-refractivity contribution in [3.05, 3.63) is 41.7 Å². The summed E-state index contributed by atoms with van der Waals surface area (Å²) in [7, 11) is 0. The lowest BCUT2D eigenvalue weighted by Crippen LogP contribution is -2.56. The van der Waals surface area contributed by atoms with Crippen molar-refractivity contribution in [3.8, 4) is 11.3 Å². The van der Waals surface area contributed by atoms with Gasteiger partial charge in [0.15, 0.2) is 0 Å². The summed E-state index contributed by atoms with van der Waals surface area (Å²) in [5, 5.41) is 7.38. The molecule has 0 saturated carbocycles. The third kappa shape index (κ3) is 4.60. The predicted octanol–water partition coefficient (Wildman–Crippen LogP) is 3.59. The number of amides is 1. The molecule has 30 heavy (non-hydrogen) atoms. The summed E-state index contributed by atoms with van der Waals surface area (Å²) in [4.78, 5) is 15.8. The van der Waals surface area contributed by atoms with E-state index in [1.54, 1.807) is 0 Å². The molecule has 0 bridgehead atoms. The molecular weight excluding hydrogens is 378 g/mol. The van der Waals surface area contributed by atoms with Gasteiger partial charge in [0.05, 0.1) is 5.41 Å². The zero-order chi connectivity index (χ0) is 21.0. The smallest absolute Gasteiger partial charge is 0.227 e. The fourth-order valence-corrected chi connectivity index (χ4v) is 4.88. The molecule has 1 aromatic carbocycles. The van der Waals surface area contributed by atoms with Gasteiger partial charge in [0, 0.05) is 50.4 Å². The standard InChI is InChI=1S/C24H33N3O3/c1-3-25-23(28)24(11-4-12-27(17-24)20-9-13-29-14-10-20)16-21-15-22(26-30-21)19-7-5-18(2)6-8-19/h5-8,15,20H,3-4,9-14,16-17H2,1-2H3,(H,25,28)/t24-/m0/s1. The fraction of sp³-hybridized carbons (Fsp3) is 0.583. The summed E-state index contributed by atoms with van der Waals surface area (Å²) in [5.41, 5.74) is 2.60. The minimum absolute atomic E-state index is 0.134. The molecule has 1 amide bonds. The molecule has 162 valence electrons. The molecule has 6 heteroatoms. The monoisotopic (exact) mass is 411 g/mol. The zero-order valence-corrected chi connectivity index (χ0v) is 18.2. The van der Waals surface area contributed by atoms with Crippen molar-refractivity contribution < 1.29 is 14.1 Å². The van der Waals surface area contributed by atoms with Gasteiger partial charge in [0.1, 0.15) is 11.5 Å². The number of carbonyl (C=O) groups excluding carboxylic acids is 1. The number of aryl methyl sites for hydroxylation is 1. The van der Waals surface area contributed by atoms with Crippen LogP contribution in [0.4, 0.5) is 0 Å². The van der Waals surface area contributed by atoms with Gasteiger partial charge in [-0.15, -0.1) is 0 Å². The first-order valence-corrected chi connectivity index (χ1v) is 11.2. The highest BCUT2D eigenvalue weighted by molar-refractivity contribution is 5.83. The topological polar surface area (TPSA) is 67.6 Å². The molecule has 2 aromatic rings. The van der Waals surface area contributed by atoms with Crippen LogP contribution in [0.2, 0.25) is 0 Å². The van der Waals surface area contributed by atoms with Crippen LogP contribution in [0.5, 0.6) is 0 Å². The highest BCUT2D eigenvalue weighted by Gasteiger charge is 2.44. The number of nitrogens with zero attached hydrogens (tertiary/aromatic N) is 2. The lowest BCUT2D eigenvalue weighted by Gasteiger charge is -2.45. The Labute approximate surface area is 179 Å². The van der Waals surface area contributed by atoms with Crippen LogP contribution < -0.4 is 5.32 Å². The zero-order valence-electron chi connectivity index (χ0n) is 18.2. The van der Waals surface area contributed by atoms with Crippen molar-refractivity contribution >= 4 is 5.91 Å². The Bertz CT molecular complexity index is 842. The van der Waals surface area contributed by atoms with Crippen molar-refractivity contribution in [3.63, 3.8) is 0 Å². The van der Waals surface area contributed by atoms with Gasteiger partial charge in [-0.05, 0) is 46.1 Å². The van der Waals surface area contributed by atoms with E-state index in [-0.39, 0.29) is 5.91 Å². The molecule has 3 heterocycles. The van der Waals surface area contributed by atoms with Crippen LogP contribution in [-0.2, 0) is 16.0 Å². The minimum atomic E-state index is -0.476. The molecule has 2 aliphatic heterocycles. The van der Waals surface area contributed by atoms with E-state index >= 15 is 0 Å². The highest BCUT2D eigenvalue weighted by atomic mass is 16.5. The molecule has 4 rings (SSSR count). The van der Waals surface area contributed by atoms with Gasteiger partial charge in [-0.3, -0.25) is 9.69 Å². The van der Waals surface area contributed by atoms with E-state index in [9.17, 15) is 4.79 Å². The average Bonchev–Trinajstić information content (AvgIpc) is 3.23. The Morgan fingerprint density at radius 1 is 1.27 bits per heavy atom. The third-order valence-electron chi connectivity index (χ3n) is 6.55. The molecule has 0 spiro atoms. The number of piperidine rings is 1. The number of likely N-dealkylation sites (tertiary alicyclic amines) is 1. The number of hydrogen-bond acceptors (Lipinski definition) is 5. The summed E-state index contributed by atoms with van der Waals surface area (Å²) in [5.74, 6) is 0.917. The maximum Gasteiger partial charge on any atom is 0.227 e. The normalized spacial score (nSPS) is 23.4. The lowest BCUT2D eigenvalue weighted by atomic mass is 9.74. The number of aromatic nitrogens is 1. The summed E-state index contributed by atoms with van der Waals surface area (Å²) >= 11 is 0. The Balaban J connectivity index is 1.55. The van der Waals surface area contributed by atoms with Crippen LogP contribution in [0.1, 0.15) is 43.9 Å². The summed E-state index contributed by atoms with van der Waals surface area (Å²) in [6.07, 6.45) is 4.57. The first kappa shape index (κ1) is 21.1. The average molecular weight is 412 g/mol. The van der Waals surface area contributed by atoms with Crippen LogP contribution >= 0.6 is 0 Å². The second-order valence-corrected chi connectivity index (χ2v) is 8.78. The van der Waals surface area contributed by atoms with E-state index in [1.807, 2.05) is 13.0 Å². The number of ether oxygens (including phenoxy) is 1. The van der Waals surface area contributed by atoms with Crippen molar-refractivity contribution in [2.24, 2.45) is 5.41 Å². The van der Waals surface area contributed by atoms with Crippen LogP contribution in [0.15, 0.2) is 34.9 Å². The quantitative estimate of drug-likeness (QED) is 0.787. The molecule has 0 unspecified atom stereocenters. The van der Waals surface area contributed by atoms with Gasteiger partial charge >= 0.3 is 0 Å². The number of hydrogen-bond donors (Lipinski definition) is 1. The van der Waals surface area contributed by atoms with E-state index < -0.39 is 5.41 Å². The Hall–Kier alpha value is -2.18. The molecule has 6 nitrogen and oxygen atoms in total. The molecular formula is C24H33N3O3. The maximum absolute atomic E-state index is 13.2. The number of nitrogens with one attached hydrogen (secondary N) is 1. The fourth-order valence-electron chi connectivity index (χ4n) is 4.88. The van der Waals surface area contributed by atoms with Crippen molar-refractivity contribution in [1.29, 1.82) is 0 Å². The van der Waals surface area contributed by atoms with E-state index in [0.717, 1.165) is 69.0 Å². The molecule has 2 fully saturated rings. The number of rotatable bonds is 6. The molecule has 1 N–H and O–H groups in total. The van der Waals surface area contributed by atoms with E-state index in [0.29, 0.717) is 19.0 Å². The number of carbonyl (C=O) groups is 1. The van der Waals surface area contributed by atoms with Gasteiger partial charge in [-0.1, -0.05) is 35.0 Å². The van der Waals surface area contributed by atoms with Crippen LogP contribution in [-0.4, -0.2) is 54.9 Å². The molecule has 1 atom stereocenters. The minimum Gasteiger partial charge on any atom is -0.381 e. The predicted molar refractivity (Wildman–Crippen MR) is 116 cm³/mol. The molecule has 0 radical (unpaired) electrons. The van der Waals surface area contributed by atoms with Crippen LogP contribution in [0.25, 0.3) is 11.3 Å². The van der Waals surface area contributed by atoms with Gasteiger partial charge in [0.2, 0.25) is 5.91 Å². The van der Waals surface area contributed by atoms with Gasteiger partial charge < -0.3 is 14.6 Å². The lowest BCUT2D eigenvalue weighted by molar-refractivity contribution is -0.136. The summed E-state index contributed by atoms with van der Waals surface area (Å²) in [6.45, 7) is 8.15. The van der Waals surface area contributed by atoms with Gasteiger partial charge in [-0.25, -0.2) is 0 Å².